The minimum absolute atomic E-state index is 0.190. The lowest BCUT2D eigenvalue weighted by Crippen LogP contribution is -2.51. The molecule has 4 nitrogen and oxygen atoms in total. The van der Waals surface area contributed by atoms with Crippen molar-refractivity contribution in [2.75, 3.05) is 22.9 Å². The van der Waals surface area contributed by atoms with Gasteiger partial charge in [-0.1, -0.05) is 30.3 Å². The smallest absolute Gasteiger partial charge is 0.242 e. The third-order valence-electron chi connectivity index (χ3n) is 4.57. The number of anilines is 2. The van der Waals surface area contributed by atoms with E-state index >= 15 is 0 Å². The fourth-order valence-electron chi connectivity index (χ4n) is 3.06. The fourth-order valence-corrected chi connectivity index (χ4v) is 3.06. The van der Waals surface area contributed by atoms with Gasteiger partial charge in [0.15, 0.2) is 0 Å². The summed E-state index contributed by atoms with van der Waals surface area (Å²) in [5.74, 6) is -0.382. The Morgan fingerprint density at radius 2 is 1.31 bits per heavy atom. The number of aryl methyl sites for hydroxylation is 1. The van der Waals surface area contributed by atoms with E-state index in [1.165, 1.54) is 0 Å². The van der Waals surface area contributed by atoms with Crippen molar-refractivity contribution in [1.82, 2.24) is 0 Å². The SMILES string of the molecule is CCN(C(=O)C(C)(C)C(=O)N(CC)c1cccc(C)c1)c1ccccc1. The zero-order valence-corrected chi connectivity index (χ0v) is 16.3. The number of carbonyl (C=O) groups is 2. The Bertz CT molecular complexity index is 769. The summed E-state index contributed by atoms with van der Waals surface area (Å²) in [6.45, 7) is 10.3. The molecule has 0 aliphatic carbocycles. The number of rotatable bonds is 6. The second-order valence-electron chi connectivity index (χ2n) is 6.90. The Morgan fingerprint density at radius 3 is 1.81 bits per heavy atom. The predicted molar refractivity (Wildman–Crippen MR) is 107 cm³/mol. The molecule has 0 bridgehead atoms. The first-order chi connectivity index (χ1) is 12.3. The molecule has 0 atom stereocenters. The van der Waals surface area contributed by atoms with Crippen LogP contribution in [0.2, 0.25) is 0 Å². The predicted octanol–water partition coefficient (Wildman–Crippen LogP) is 4.43. The molecule has 0 fully saturated rings. The summed E-state index contributed by atoms with van der Waals surface area (Å²) in [7, 11) is 0. The summed E-state index contributed by atoms with van der Waals surface area (Å²) < 4.78 is 0. The van der Waals surface area contributed by atoms with Crippen LogP contribution in [0.5, 0.6) is 0 Å². The maximum atomic E-state index is 13.3. The molecule has 0 aliphatic heterocycles. The van der Waals surface area contributed by atoms with E-state index < -0.39 is 5.41 Å². The lowest BCUT2D eigenvalue weighted by Gasteiger charge is -2.34. The molecule has 0 unspecified atom stereocenters. The van der Waals surface area contributed by atoms with Gasteiger partial charge in [-0.2, -0.15) is 0 Å². The van der Waals surface area contributed by atoms with Crippen LogP contribution in [-0.2, 0) is 9.59 Å². The number of hydrogen-bond donors (Lipinski definition) is 0. The van der Waals surface area contributed by atoms with Gasteiger partial charge >= 0.3 is 0 Å². The Hall–Kier alpha value is -2.62. The van der Waals surface area contributed by atoms with E-state index in [4.69, 9.17) is 0 Å². The first-order valence-corrected chi connectivity index (χ1v) is 9.08. The molecule has 2 aromatic carbocycles. The van der Waals surface area contributed by atoms with Crippen molar-refractivity contribution in [1.29, 1.82) is 0 Å². The molecule has 0 N–H and O–H groups in total. The molecule has 26 heavy (non-hydrogen) atoms. The van der Waals surface area contributed by atoms with Gasteiger partial charge < -0.3 is 9.80 Å². The maximum absolute atomic E-state index is 13.3. The van der Waals surface area contributed by atoms with Crippen LogP contribution < -0.4 is 9.80 Å². The molecule has 2 amide bonds. The molecule has 0 aromatic heterocycles. The van der Waals surface area contributed by atoms with E-state index in [9.17, 15) is 9.59 Å². The highest BCUT2D eigenvalue weighted by molar-refractivity contribution is 6.15. The highest BCUT2D eigenvalue weighted by Crippen LogP contribution is 2.28. The standard InChI is InChI=1S/C22H28N2O2/c1-6-23(18-13-9-8-10-14-18)20(25)22(4,5)21(26)24(7-2)19-15-11-12-17(3)16-19/h8-16H,6-7H2,1-5H3. The molecule has 2 rings (SSSR count). The second-order valence-corrected chi connectivity index (χ2v) is 6.90. The van der Waals surface area contributed by atoms with Crippen molar-refractivity contribution in [2.45, 2.75) is 34.6 Å². The van der Waals surface area contributed by atoms with E-state index in [-0.39, 0.29) is 11.8 Å². The van der Waals surface area contributed by atoms with Gasteiger partial charge in [0.25, 0.3) is 0 Å². The lowest BCUT2D eigenvalue weighted by atomic mass is 9.88. The minimum Gasteiger partial charge on any atom is -0.312 e. The van der Waals surface area contributed by atoms with Crippen LogP contribution in [-0.4, -0.2) is 24.9 Å². The molecular weight excluding hydrogens is 324 g/mol. The Kier molecular flexibility index (Phi) is 6.19. The number of nitrogens with zero attached hydrogens (tertiary/aromatic N) is 2. The minimum atomic E-state index is -1.16. The Labute approximate surface area is 156 Å². The molecular formula is C22H28N2O2. The highest BCUT2D eigenvalue weighted by Gasteiger charge is 2.42. The summed E-state index contributed by atoms with van der Waals surface area (Å²) >= 11 is 0. The Balaban J connectivity index is 2.34. The van der Waals surface area contributed by atoms with E-state index in [1.54, 1.807) is 23.6 Å². The van der Waals surface area contributed by atoms with Gasteiger partial charge in [0.2, 0.25) is 11.8 Å². The van der Waals surface area contributed by atoms with Crippen LogP contribution in [0.25, 0.3) is 0 Å². The molecule has 138 valence electrons. The average Bonchev–Trinajstić information content (AvgIpc) is 2.63. The maximum Gasteiger partial charge on any atom is 0.242 e. The molecule has 0 saturated carbocycles. The number of carbonyl (C=O) groups excluding carboxylic acids is 2. The van der Waals surface area contributed by atoms with Crippen molar-refractivity contribution in [3.8, 4) is 0 Å². The first-order valence-electron chi connectivity index (χ1n) is 9.08. The van der Waals surface area contributed by atoms with Gasteiger partial charge in [-0.3, -0.25) is 9.59 Å². The van der Waals surface area contributed by atoms with Crippen molar-refractivity contribution >= 4 is 23.2 Å². The number of hydrogen-bond acceptors (Lipinski definition) is 2. The fraction of sp³-hybridized carbons (Fsp3) is 0.364. The molecule has 0 aliphatic rings. The summed E-state index contributed by atoms with van der Waals surface area (Å²) in [6, 6.07) is 17.3. The van der Waals surface area contributed by atoms with Crippen LogP contribution in [0.4, 0.5) is 11.4 Å². The quantitative estimate of drug-likeness (QED) is 0.722. The summed E-state index contributed by atoms with van der Waals surface area (Å²) in [5, 5.41) is 0. The van der Waals surface area contributed by atoms with E-state index in [0.717, 1.165) is 16.9 Å². The van der Waals surface area contributed by atoms with Gasteiger partial charge in [0.05, 0.1) is 0 Å². The summed E-state index contributed by atoms with van der Waals surface area (Å²) in [5.41, 5.74) is 1.55. The third-order valence-corrected chi connectivity index (χ3v) is 4.57. The van der Waals surface area contributed by atoms with Gasteiger partial charge in [0, 0.05) is 24.5 Å². The van der Waals surface area contributed by atoms with Gasteiger partial charge in [-0.25, -0.2) is 0 Å². The third kappa shape index (κ3) is 3.96. The van der Waals surface area contributed by atoms with Crippen molar-refractivity contribution in [2.24, 2.45) is 5.41 Å². The first kappa shape index (κ1) is 19.7. The average molecular weight is 352 g/mol. The Morgan fingerprint density at radius 1 is 0.808 bits per heavy atom. The largest absolute Gasteiger partial charge is 0.312 e. The number of benzene rings is 2. The molecule has 0 saturated heterocycles. The van der Waals surface area contributed by atoms with Gasteiger partial charge in [0.1, 0.15) is 5.41 Å². The van der Waals surface area contributed by atoms with Crippen LogP contribution >= 0.6 is 0 Å². The lowest BCUT2D eigenvalue weighted by molar-refractivity contribution is -0.138. The zero-order chi connectivity index (χ0) is 19.3. The van der Waals surface area contributed by atoms with Crippen LogP contribution in [0.3, 0.4) is 0 Å². The van der Waals surface area contributed by atoms with Crippen LogP contribution in [0.1, 0.15) is 33.3 Å². The normalized spacial score (nSPS) is 11.1. The summed E-state index contributed by atoms with van der Waals surface area (Å²) in [4.78, 5) is 29.9. The van der Waals surface area contributed by atoms with Crippen molar-refractivity contribution < 1.29 is 9.59 Å². The van der Waals surface area contributed by atoms with E-state index in [1.807, 2.05) is 75.4 Å². The zero-order valence-electron chi connectivity index (χ0n) is 16.3. The van der Waals surface area contributed by atoms with Crippen LogP contribution in [0.15, 0.2) is 54.6 Å². The van der Waals surface area contributed by atoms with Gasteiger partial charge in [-0.05, 0) is 64.4 Å². The molecule has 2 aromatic rings. The number of para-hydroxylation sites is 1. The molecule has 0 heterocycles. The molecule has 4 heteroatoms. The van der Waals surface area contributed by atoms with Gasteiger partial charge in [-0.15, -0.1) is 0 Å². The van der Waals surface area contributed by atoms with Crippen molar-refractivity contribution in [3.05, 3.63) is 60.2 Å². The monoisotopic (exact) mass is 352 g/mol. The summed E-state index contributed by atoms with van der Waals surface area (Å²) in [6.07, 6.45) is 0. The van der Waals surface area contributed by atoms with Crippen LogP contribution in [0, 0.1) is 12.3 Å². The molecule has 0 spiro atoms. The molecule has 0 radical (unpaired) electrons. The highest BCUT2D eigenvalue weighted by atomic mass is 16.2. The number of amides is 2. The van der Waals surface area contributed by atoms with Crippen molar-refractivity contribution in [3.63, 3.8) is 0 Å². The second kappa shape index (κ2) is 8.17. The van der Waals surface area contributed by atoms with E-state index in [0.29, 0.717) is 13.1 Å². The van der Waals surface area contributed by atoms with E-state index in [2.05, 4.69) is 0 Å². The topological polar surface area (TPSA) is 40.6 Å².